The van der Waals surface area contributed by atoms with Gasteiger partial charge in [0.15, 0.2) is 0 Å². The number of hydrogen-bond donors (Lipinski definition) is 2. The quantitative estimate of drug-likeness (QED) is 0.753. The molecule has 0 aromatic heterocycles. The molecule has 3 amide bonds. The first kappa shape index (κ1) is 19.4. The number of nitrogens with one attached hydrogen (secondary N) is 2. The van der Waals surface area contributed by atoms with E-state index in [-0.39, 0.29) is 18.3 Å². The Balaban J connectivity index is 1.52. The molecule has 146 valence electrons. The summed E-state index contributed by atoms with van der Waals surface area (Å²) < 4.78 is 4.91. The van der Waals surface area contributed by atoms with E-state index in [1.54, 1.807) is 36.1 Å². The summed E-state index contributed by atoms with van der Waals surface area (Å²) in [5.41, 5.74) is 2.21. The van der Waals surface area contributed by atoms with Crippen LogP contribution in [0, 0.1) is 0 Å². The zero-order valence-corrected chi connectivity index (χ0v) is 15.7. The summed E-state index contributed by atoms with van der Waals surface area (Å²) in [4.78, 5) is 37.9. The van der Waals surface area contributed by atoms with Gasteiger partial charge in [0.1, 0.15) is 6.04 Å². The van der Waals surface area contributed by atoms with Crippen LogP contribution in [-0.4, -0.2) is 37.1 Å². The standard InChI is InChI=1S/C21H23N3O4/c1-2-28-19(25)14-15-8-10-16(11-9-15)22-21(27)23-18-12-13-24(20(18)26)17-6-4-3-5-7-17/h3-11,18H,2,12-14H2,1H3,(H2,22,23,27). The van der Waals surface area contributed by atoms with Crippen molar-refractivity contribution in [3.05, 3.63) is 60.2 Å². The SMILES string of the molecule is CCOC(=O)Cc1ccc(NC(=O)NC2CCN(c3ccccc3)C2=O)cc1. The third-order valence-electron chi connectivity index (χ3n) is 4.44. The number of esters is 1. The van der Waals surface area contributed by atoms with Crippen molar-refractivity contribution in [2.24, 2.45) is 0 Å². The molecular formula is C21H23N3O4. The van der Waals surface area contributed by atoms with E-state index in [1.807, 2.05) is 30.3 Å². The number of carbonyl (C=O) groups excluding carboxylic acids is 3. The van der Waals surface area contributed by atoms with Gasteiger partial charge in [-0.1, -0.05) is 30.3 Å². The second-order valence-corrected chi connectivity index (χ2v) is 6.44. The highest BCUT2D eigenvalue weighted by atomic mass is 16.5. The van der Waals surface area contributed by atoms with Crippen molar-refractivity contribution in [2.45, 2.75) is 25.8 Å². The molecule has 1 atom stereocenters. The topological polar surface area (TPSA) is 87.7 Å². The van der Waals surface area contributed by atoms with E-state index in [2.05, 4.69) is 10.6 Å². The number of nitrogens with zero attached hydrogens (tertiary/aromatic N) is 1. The van der Waals surface area contributed by atoms with Crippen molar-refractivity contribution in [3.8, 4) is 0 Å². The maximum atomic E-state index is 12.5. The van der Waals surface area contributed by atoms with E-state index < -0.39 is 12.1 Å². The van der Waals surface area contributed by atoms with Crippen LogP contribution >= 0.6 is 0 Å². The van der Waals surface area contributed by atoms with Crippen molar-refractivity contribution < 1.29 is 19.1 Å². The predicted molar refractivity (Wildman–Crippen MR) is 106 cm³/mol. The van der Waals surface area contributed by atoms with Crippen molar-refractivity contribution >= 4 is 29.3 Å². The Morgan fingerprint density at radius 3 is 2.50 bits per heavy atom. The molecular weight excluding hydrogens is 358 g/mol. The van der Waals surface area contributed by atoms with Gasteiger partial charge >= 0.3 is 12.0 Å². The molecule has 1 unspecified atom stereocenters. The number of hydrogen-bond acceptors (Lipinski definition) is 4. The zero-order chi connectivity index (χ0) is 19.9. The highest BCUT2D eigenvalue weighted by Gasteiger charge is 2.33. The minimum absolute atomic E-state index is 0.119. The Hall–Kier alpha value is -3.35. The number of para-hydroxylation sites is 1. The Morgan fingerprint density at radius 1 is 1.11 bits per heavy atom. The summed E-state index contributed by atoms with van der Waals surface area (Å²) >= 11 is 0. The van der Waals surface area contributed by atoms with Crippen molar-refractivity contribution in [1.29, 1.82) is 0 Å². The van der Waals surface area contributed by atoms with Gasteiger partial charge in [0.2, 0.25) is 5.91 Å². The van der Waals surface area contributed by atoms with Crippen LogP contribution < -0.4 is 15.5 Å². The summed E-state index contributed by atoms with van der Waals surface area (Å²) in [6.45, 7) is 2.67. The molecule has 0 radical (unpaired) electrons. The van der Waals surface area contributed by atoms with Gasteiger partial charge in [-0.25, -0.2) is 4.79 Å². The van der Waals surface area contributed by atoms with E-state index in [4.69, 9.17) is 4.74 Å². The largest absolute Gasteiger partial charge is 0.466 e. The lowest BCUT2D eigenvalue weighted by molar-refractivity contribution is -0.142. The van der Waals surface area contributed by atoms with Gasteiger partial charge in [0.05, 0.1) is 13.0 Å². The van der Waals surface area contributed by atoms with Gasteiger partial charge in [-0.2, -0.15) is 0 Å². The smallest absolute Gasteiger partial charge is 0.319 e. The molecule has 1 saturated heterocycles. The number of amides is 3. The molecule has 0 saturated carbocycles. The maximum Gasteiger partial charge on any atom is 0.319 e. The van der Waals surface area contributed by atoms with Crippen LogP contribution in [0.4, 0.5) is 16.2 Å². The zero-order valence-electron chi connectivity index (χ0n) is 15.7. The van der Waals surface area contributed by atoms with E-state index in [1.165, 1.54) is 0 Å². The molecule has 7 nitrogen and oxygen atoms in total. The van der Waals surface area contributed by atoms with Gasteiger partial charge in [0, 0.05) is 17.9 Å². The molecule has 2 N–H and O–H groups in total. The van der Waals surface area contributed by atoms with Crippen LogP contribution in [0.5, 0.6) is 0 Å². The lowest BCUT2D eigenvalue weighted by Gasteiger charge is -2.17. The third kappa shape index (κ3) is 4.88. The normalized spacial score (nSPS) is 16.0. The van der Waals surface area contributed by atoms with Crippen LogP contribution in [0.3, 0.4) is 0 Å². The van der Waals surface area contributed by atoms with E-state index in [0.29, 0.717) is 25.3 Å². The number of benzene rings is 2. The van der Waals surface area contributed by atoms with Crippen LogP contribution in [0.15, 0.2) is 54.6 Å². The van der Waals surface area contributed by atoms with Gasteiger partial charge in [-0.15, -0.1) is 0 Å². The van der Waals surface area contributed by atoms with E-state index >= 15 is 0 Å². The highest BCUT2D eigenvalue weighted by molar-refractivity contribution is 6.02. The van der Waals surface area contributed by atoms with Gasteiger partial charge in [-0.3, -0.25) is 9.59 Å². The second kappa shape index (κ2) is 9.03. The van der Waals surface area contributed by atoms with Crippen molar-refractivity contribution in [3.63, 3.8) is 0 Å². The number of rotatable bonds is 6. The minimum atomic E-state index is -0.553. The number of urea groups is 1. The van der Waals surface area contributed by atoms with Gasteiger partial charge in [-0.05, 0) is 43.2 Å². The molecule has 1 aliphatic rings. The molecule has 1 heterocycles. The molecule has 28 heavy (non-hydrogen) atoms. The molecule has 2 aromatic rings. The number of carbonyl (C=O) groups is 3. The fraction of sp³-hybridized carbons (Fsp3) is 0.286. The summed E-state index contributed by atoms with van der Waals surface area (Å²) in [6.07, 6.45) is 0.742. The van der Waals surface area contributed by atoms with Crippen LogP contribution in [0.25, 0.3) is 0 Å². The Bertz CT molecular complexity index is 836. The Kier molecular flexibility index (Phi) is 6.26. The van der Waals surface area contributed by atoms with Gasteiger partial charge in [0.25, 0.3) is 0 Å². The minimum Gasteiger partial charge on any atom is -0.466 e. The molecule has 0 spiro atoms. The molecule has 0 aliphatic carbocycles. The molecule has 0 bridgehead atoms. The summed E-state index contributed by atoms with van der Waals surface area (Å²) in [5.74, 6) is -0.408. The van der Waals surface area contributed by atoms with Gasteiger partial charge < -0.3 is 20.3 Å². The van der Waals surface area contributed by atoms with E-state index in [9.17, 15) is 14.4 Å². The highest BCUT2D eigenvalue weighted by Crippen LogP contribution is 2.21. The Labute approximate surface area is 163 Å². The lowest BCUT2D eigenvalue weighted by Crippen LogP contribution is -2.43. The summed E-state index contributed by atoms with van der Waals surface area (Å²) in [6, 6.07) is 15.3. The second-order valence-electron chi connectivity index (χ2n) is 6.44. The van der Waals surface area contributed by atoms with Crippen LogP contribution in [-0.2, 0) is 20.7 Å². The molecule has 2 aromatic carbocycles. The fourth-order valence-electron chi connectivity index (χ4n) is 3.09. The first-order valence-corrected chi connectivity index (χ1v) is 9.25. The predicted octanol–water partition coefficient (Wildman–Crippen LogP) is 2.72. The average Bonchev–Trinajstić information content (AvgIpc) is 3.04. The fourth-order valence-corrected chi connectivity index (χ4v) is 3.09. The summed E-state index contributed by atoms with van der Waals surface area (Å²) in [5, 5.41) is 5.44. The molecule has 7 heteroatoms. The van der Waals surface area contributed by atoms with Crippen molar-refractivity contribution in [1.82, 2.24) is 5.32 Å². The van der Waals surface area contributed by atoms with Crippen LogP contribution in [0.1, 0.15) is 18.9 Å². The summed E-state index contributed by atoms with van der Waals surface area (Å²) in [7, 11) is 0. The monoisotopic (exact) mass is 381 g/mol. The number of anilines is 2. The first-order chi connectivity index (χ1) is 13.6. The molecule has 1 fully saturated rings. The molecule has 1 aliphatic heterocycles. The van der Waals surface area contributed by atoms with Crippen LogP contribution in [0.2, 0.25) is 0 Å². The lowest BCUT2D eigenvalue weighted by atomic mass is 10.1. The first-order valence-electron chi connectivity index (χ1n) is 9.25. The average molecular weight is 381 g/mol. The number of ether oxygens (including phenoxy) is 1. The molecule has 3 rings (SSSR count). The Morgan fingerprint density at radius 2 is 1.82 bits per heavy atom. The van der Waals surface area contributed by atoms with E-state index in [0.717, 1.165) is 11.3 Å². The third-order valence-corrected chi connectivity index (χ3v) is 4.44. The maximum absolute atomic E-state index is 12.5. The van der Waals surface area contributed by atoms with Crippen molar-refractivity contribution in [2.75, 3.05) is 23.4 Å².